The molecular weight excluding hydrogens is 402 g/mol. The number of ether oxygens (including phenoxy) is 2. The van der Waals surface area contributed by atoms with Gasteiger partial charge in [-0.3, -0.25) is 4.79 Å². The molecule has 0 radical (unpaired) electrons. The summed E-state index contributed by atoms with van der Waals surface area (Å²) < 4.78 is 11.0. The Morgan fingerprint density at radius 1 is 1.10 bits per heavy atom. The van der Waals surface area contributed by atoms with Gasteiger partial charge in [0.25, 0.3) is 0 Å². The SMILES string of the molecule is COc1ccc(Cl)cc1NCC(=O)Nc1cccc(OCc2cccc(C#N)c2)c1. The molecule has 0 bridgehead atoms. The number of rotatable bonds is 8. The van der Waals surface area contributed by atoms with E-state index in [-0.39, 0.29) is 12.5 Å². The van der Waals surface area contributed by atoms with Crippen molar-refractivity contribution in [3.63, 3.8) is 0 Å². The van der Waals surface area contributed by atoms with Crippen LogP contribution >= 0.6 is 11.6 Å². The smallest absolute Gasteiger partial charge is 0.243 e. The average Bonchev–Trinajstić information content (AvgIpc) is 2.77. The maximum absolute atomic E-state index is 12.3. The summed E-state index contributed by atoms with van der Waals surface area (Å²) in [6.45, 7) is 0.367. The number of nitriles is 1. The van der Waals surface area contributed by atoms with Gasteiger partial charge >= 0.3 is 0 Å². The van der Waals surface area contributed by atoms with Crippen LogP contribution < -0.4 is 20.1 Å². The fraction of sp³-hybridized carbons (Fsp3) is 0.130. The molecule has 0 saturated carbocycles. The van der Waals surface area contributed by atoms with Gasteiger partial charge in [-0.2, -0.15) is 5.26 Å². The first-order valence-electron chi connectivity index (χ1n) is 9.16. The van der Waals surface area contributed by atoms with Gasteiger partial charge in [0, 0.05) is 16.8 Å². The van der Waals surface area contributed by atoms with E-state index >= 15 is 0 Å². The van der Waals surface area contributed by atoms with E-state index in [0.717, 1.165) is 5.56 Å². The summed E-state index contributed by atoms with van der Waals surface area (Å²) in [5.41, 5.74) is 2.73. The monoisotopic (exact) mass is 421 g/mol. The van der Waals surface area contributed by atoms with Crippen molar-refractivity contribution in [2.75, 3.05) is 24.3 Å². The van der Waals surface area contributed by atoms with Gasteiger partial charge < -0.3 is 20.1 Å². The summed E-state index contributed by atoms with van der Waals surface area (Å²) in [5, 5.41) is 15.4. The van der Waals surface area contributed by atoms with Crippen LogP contribution in [0.5, 0.6) is 11.5 Å². The minimum atomic E-state index is -0.226. The molecule has 0 aliphatic carbocycles. The van der Waals surface area contributed by atoms with Crippen LogP contribution in [0.2, 0.25) is 5.02 Å². The van der Waals surface area contributed by atoms with E-state index in [1.807, 2.05) is 12.1 Å². The molecule has 0 aliphatic heterocycles. The first-order chi connectivity index (χ1) is 14.6. The fourth-order valence-corrected chi connectivity index (χ4v) is 2.93. The van der Waals surface area contributed by atoms with Crippen LogP contribution in [0, 0.1) is 11.3 Å². The molecule has 3 rings (SSSR count). The molecule has 152 valence electrons. The fourth-order valence-electron chi connectivity index (χ4n) is 2.76. The van der Waals surface area contributed by atoms with E-state index in [1.54, 1.807) is 61.7 Å². The Labute approximate surface area is 180 Å². The summed E-state index contributed by atoms with van der Waals surface area (Å²) in [6.07, 6.45) is 0. The number of nitrogens with zero attached hydrogens (tertiary/aromatic N) is 1. The van der Waals surface area contributed by atoms with Crippen molar-refractivity contribution in [2.45, 2.75) is 6.61 Å². The van der Waals surface area contributed by atoms with E-state index in [1.165, 1.54) is 0 Å². The Balaban J connectivity index is 1.56. The molecule has 30 heavy (non-hydrogen) atoms. The number of methoxy groups -OCH3 is 1. The maximum Gasteiger partial charge on any atom is 0.243 e. The Kier molecular flexibility index (Phi) is 7.14. The van der Waals surface area contributed by atoms with Crippen molar-refractivity contribution in [3.8, 4) is 17.6 Å². The van der Waals surface area contributed by atoms with Crippen LogP contribution in [0.15, 0.2) is 66.7 Å². The summed E-state index contributed by atoms with van der Waals surface area (Å²) in [4.78, 5) is 12.3. The lowest BCUT2D eigenvalue weighted by molar-refractivity contribution is -0.114. The number of nitrogens with one attached hydrogen (secondary N) is 2. The molecule has 1 amide bonds. The average molecular weight is 422 g/mol. The quantitative estimate of drug-likeness (QED) is 0.543. The molecule has 0 spiro atoms. The second-order valence-electron chi connectivity index (χ2n) is 6.38. The number of amides is 1. The maximum atomic E-state index is 12.3. The molecule has 0 atom stereocenters. The second-order valence-corrected chi connectivity index (χ2v) is 6.81. The van der Waals surface area contributed by atoms with E-state index in [9.17, 15) is 4.79 Å². The predicted octanol–water partition coefficient (Wildman–Crippen LogP) is 4.85. The highest BCUT2D eigenvalue weighted by Crippen LogP contribution is 2.27. The lowest BCUT2D eigenvalue weighted by Gasteiger charge is -2.12. The lowest BCUT2D eigenvalue weighted by atomic mass is 10.1. The third-order valence-corrected chi connectivity index (χ3v) is 4.42. The molecule has 0 fully saturated rings. The van der Waals surface area contributed by atoms with Crippen molar-refractivity contribution in [3.05, 3.63) is 82.9 Å². The minimum absolute atomic E-state index is 0.0444. The number of carbonyl (C=O) groups excluding carboxylic acids is 1. The zero-order valence-electron chi connectivity index (χ0n) is 16.3. The third kappa shape index (κ3) is 5.90. The normalized spacial score (nSPS) is 10.0. The van der Waals surface area contributed by atoms with Crippen LogP contribution in [0.4, 0.5) is 11.4 Å². The summed E-state index contributed by atoms with van der Waals surface area (Å²) >= 11 is 6.00. The second kappa shape index (κ2) is 10.2. The van der Waals surface area contributed by atoms with Crippen molar-refractivity contribution < 1.29 is 14.3 Å². The number of halogens is 1. The summed E-state index contributed by atoms with van der Waals surface area (Å²) in [5.74, 6) is 0.985. The van der Waals surface area contributed by atoms with E-state index < -0.39 is 0 Å². The molecule has 2 N–H and O–H groups in total. The first kappa shape index (κ1) is 21.0. The molecule has 3 aromatic carbocycles. The number of anilines is 2. The van der Waals surface area contributed by atoms with Crippen molar-refractivity contribution in [1.29, 1.82) is 5.26 Å². The Morgan fingerprint density at radius 3 is 2.73 bits per heavy atom. The lowest BCUT2D eigenvalue weighted by Crippen LogP contribution is -2.22. The van der Waals surface area contributed by atoms with Crippen LogP contribution in [0.1, 0.15) is 11.1 Å². The first-order valence-corrected chi connectivity index (χ1v) is 9.54. The van der Waals surface area contributed by atoms with Gasteiger partial charge in [-0.15, -0.1) is 0 Å². The standard InChI is InChI=1S/C23H20ClN3O3/c1-29-22-9-8-18(24)11-21(22)26-14-23(28)27-19-6-3-7-20(12-19)30-15-17-5-2-4-16(10-17)13-25/h2-12,26H,14-15H2,1H3,(H,27,28). The minimum Gasteiger partial charge on any atom is -0.495 e. The number of benzene rings is 3. The Hall–Kier alpha value is -3.69. The zero-order chi connectivity index (χ0) is 21.3. The summed E-state index contributed by atoms with van der Waals surface area (Å²) in [7, 11) is 1.55. The Morgan fingerprint density at radius 2 is 1.93 bits per heavy atom. The van der Waals surface area contributed by atoms with Crippen LogP contribution in [-0.2, 0) is 11.4 Å². The molecular formula is C23H20ClN3O3. The van der Waals surface area contributed by atoms with E-state index in [2.05, 4.69) is 16.7 Å². The van der Waals surface area contributed by atoms with E-state index in [4.69, 9.17) is 26.3 Å². The van der Waals surface area contributed by atoms with Gasteiger partial charge in [-0.05, 0) is 48.0 Å². The van der Waals surface area contributed by atoms with E-state index in [0.29, 0.717) is 40.1 Å². The van der Waals surface area contributed by atoms with Gasteiger partial charge in [-0.25, -0.2) is 0 Å². The highest BCUT2D eigenvalue weighted by molar-refractivity contribution is 6.30. The van der Waals surface area contributed by atoms with Crippen LogP contribution in [0.25, 0.3) is 0 Å². The number of hydrogen-bond donors (Lipinski definition) is 2. The van der Waals surface area contributed by atoms with Crippen molar-refractivity contribution >= 4 is 28.9 Å². The predicted molar refractivity (Wildman–Crippen MR) is 117 cm³/mol. The molecule has 3 aromatic rings. The topological polar surface area (TPSA) is 83.4 Å². The molecule has 0 unspecified atom stereocenters. The largest absolute Gasteiger partial charge is 0.495 e. The van der Waals surface area contributed by atoms with Gasteiger partial charge in [-0.1, -0.05) is 29.8 Å². The zero-order valence-corrected chi connectivity index (χ0v) is 17.1. The molecule has 0 heterocycles. The van der Waals surface area contributed by atoms with Gasteiger partial charge in [0.15, 0.2) is 0 Å². The van der Waals surface area contributed by atoms with Crippen molar-refractivity contribution in [1.82, 2.24) is 0 Å². The highest BCUT2D eigenvalue weighted by Gasteiger charge is 2.08. The van der Waals surface area contributed by atoms with Gasteiger partial charge in [0.05, 0.1) is 31.0 Å². The molecule has 0 saturated heterocycles. The Bertz CT molecular complexity index is 1080. The summed E-state index contributed by atoms with van der Waals surface area (Å²) in [6, 6.07) is 21.6. The molecule has 0 aromatic heterocycles. The molecule has 7 heteroatoms. The number of hydrogen-bond acceptors (Lipinski definition) is 5. The number of carbonyl (C=O) groups is 1. The highest BCUT2D eigenvalue weighted by atomic mass is 35.5. The van der Waals surface area contributed by atoms with Crippen molar-refractivity contribution in [2.24, 2.45) is 0 Å². The van der Waals surface area contributed by atoms with Gasteiger partial charge in [0.2, 0.25) is 5.91 Å². The molecule has 6 nitrogen and oxygen atoms in total. The van der Waals surface area contributed by atoms with Gasteiger partial charge in [0.1, 0.15) is 18.1 Å². The molecule has 0 aliphatic rings. The van der Waals surface area contributed by atoms with Crippen LogP contribution in [0.3, 0.4) is 0 Å². The van der Waals surface area contributed by atoms with Crippen LogP contribution in [-0.4, -0.2) is 19.6 Å². The third-order valence-electron chi connectivity index (χ3n) is 4.18.